The summed E-state index contributed by atoms with van der Waals surface area (Å²) in [7, 11) is 0. The van der Waals surface area contributed by atoms with E-state index in [1.54, 1.807) is 6.08 Å². The number of hydrogen-bond acceptors (Lipinski definition) is 5. The highest BCUT2D eigenvalue weighted by Gasteiger charge is 2.18. The number of esters is 1. The van der Waals surface area contributed by atoms with E-state index in [4.69, 9.17) is 4.74 Å². The molecule has 0 aromatic heterocycles. The highest BCUT2D eigenvalue weighted by atomic mass is 16.5. The molecule has 0 bridgehead atoms. The zero-order valence-electron chi connectivity index (χ0n) is 51.5. The summed E-state index contributed by atoms with van der Waals surface area (Å²) >= 11 is 0. The average Bonchev–Trinajstić information content (AvgIpc) is 3.42. The first-order valence-electron chi connectivity index (χ1n) is 34.6. The van der Waals surface area contributed by atoms with E-state index < -0.39 is 12.1 Å². The third kappa shape index (κ3) is 61.6. The van der Waals surface area contributed by atoms with Crippen LogP contribution in [0, 0.1) is 0 Å². The molecule has 0 rings (SSSR count). The lowest BCUT2D eigenvalue weighted by Gasteiger charge is -2.20. The monoisotopic (exact) mass is 1070 g/mol. The Morgan fingerprint density at radius 3 is 0.961 bits per heavy atom. The van der Waals surface area contributed by atoms with Crippen molar-refractivity contribution < 1.29 is 24.5 Å². The largest absolute Gasteiger partial charge is 0.466 e. The summed E-state index contributed by atoms with van der Waals surface area (Å²) in [6.45, 7) is 4.91. The average molecular weight is 1070 g/mol. The third-order valence-corrected chi connectivity index (χ3v) is 16.2. The standard InChI is InChI=1S/C70H135NO5/c1-3-5-7-9-11-13-15-17-18-19-20-21-22-23-24-27-30-33-36-39-42-46-50-54-58-62-68(73)67(66-72)71-69(74)63-59-55-51-47-43-40-37-34-31-28-25-26-29-32-35-38-41-45-49-53-57-61-65-76-70(75)64-60-56-52-48-44-16-14-12-10-8-6-4-2/h12,14,58,62,67-68,72-73H,3-11,13,15-57,59-61,63-66H2,1-2H3,(H,71,74)/b14-12-,62-58+. The molecule has 0 aliphatic rings. The smallest absolute Gasteiger partial charge is 0.305 e. The quantitative estimate of drug-likeness (QED) is 0.0320. The number of nitrogens with one attached hydrogen (secondary N) is 1. The van der Waals surface area contributed by atoms with Gasteiger partial charge in [-0.25, -0.2) is 0 Å². The van der Waals surface area contributed by atoms with Crippen LogP contribution in [0.5, 0.6) is 0 Å². The molecule has 0 saturated carbocycles. The van der Waals surface area contributed by atoms with Gasteiger partial charge >= 0.3 is 5.97 Å². The van der Waals surface area contributed by atoms with Crippen molar-refractivity contribution in [1.82, 2.24) is 5.32 Å². The third-order valence-electron chi connectivity index (χ3n) is 16.2. The zero-order chi connectivity index (χ0) is 55.0. The number of aliphatic hydroxyl groups is 2. The molecule has 2 atom stereocenters. The van der Waals surface area contributed by atoms with Crippen molar-refractivity contribution in [3.63, 3.8) is 0 Å². The first-order chi connectivity index (χ1) is 37.5. The molecule has 6 heteroatoms. The van der Waals surface area contributed by atoms with E-state index >= 15 is 0 Å². The molecular formula is C70H135NO5. The number of carbonyl (C=O) groups is 2. The van der Waals surface area contributed by atoms with E-state index in [2.05, 4.69) is 31.3 Å². The highest BCUT2D eigenvalue weighted by Crippen LogP contribution is 2.19. The lowest BCUT2D eigenvalue weighted by Crippen LogP contribution is -2.45. The van der Waals surface area contributed by atoms with Crippen LogP contribution in [0.25, 0.3) is 0 Å². The molecule has 0 aliphatic heterocycles. The number of allylic oxidation sites excluding steroid dienone is 3. The first kappa shape index (κ1) is 74.3. The summed E-state index contributed by atoms with van der Waals surface area (Å²) in [5, 5.41) is 23.3. The van der Waals surface area contributed by atoms with Gasteiger partial charge in [-0.2, -0.15) is 0 Å². The summed E-state index contributed by atoms with van der Waals surface area (Å²) in [5.74, 6) is -0.0605. The predicted octanol–water partition coefficient (Wildman–Crippen LogP) is 22.1. The van der Waals surface area contributed by atoms with Gasteiger partial charge in [0.1, 0.15) is 0 Å². The van der Waals surface area contributed by atoms with Crippen LogP contribution in [-0.2, 0) is 14.3 Å². The summed E-state index contributed by atoms with van der Waals surface area (Å²) in [6.07, 6.45) is 82.5. The molecular weight excluding hydrogens is 935 g/mol. The Morgan fingerprint density at radius 1 is 0.355 bits per heavy atom. The van der Waals surface area contributed by atoms with Crippen LogP contribution in [0.3, 0.4) is 0 Å². The van der Waals surface area contributed by atoms with Crippen molar-refractivity contribution in [3.8, 4) is 0 Å². The van der Waals surface area contributed by atoms with Crippen LogP contribution < -0.4 is 5.32 Å². The van der Waals surface area contributed by atoms with E-state index in [1.165, 1.54) is 315 Å². The molecule has 0 saturated heterocycles. The van der Waals surface area contributed by atoms with Crippen molar-refractivity contribution in [3.05, 3.63) is 24.3 Å². The van der Waals surface area contributed by atoms with Crippen LogP contribution in [-0.4, -0.2) is 47.4 Å². The van der Waals surface area contributed by atoms with Gasteiger partial charge in [0.25, 0.3) is 0 Å². The SMILES string of the molecule is CCCCC/C=C\CCCCCCCC(=O)OCCCCCCCCCCCCCCCCCCCCCCCCC(=O)NC(CO)C(O)/C=C/CCCCCCCCCCCCCCCCCCCCCCCCC. The van der Waals surface area contributed by atoms with Gasteiger partial charge in [0.2, 0.25) is 5.91 Å². The number of ether oxygens (including phenoxy) is 1. The molecule has 76 heavy (non-hydrogen) atoms. The fourth-order valence-electron chi connectivity index (χ4n) is 10.9. The summed E-state index contributed by atoms with van der Waals surface area (Å²) in [6, 6.07) is -0.629. The molecule has 0 heterocycles. The summed E-state index contributed by atoms with van der Waals surface area (Å²) in [5.41, 5.74) is 0. The van der Waals surface area contributed by atoms with Gasteiger partial charge in [-0.05, 0) is 57.8 Å². The van der Waals surface area contributed by atoms with Crippen molar-refractivity contribution in [2.45, 2.75) is 398 Å². The summed E-state index contributed by atoms with van der Waals surface area (Å²) in [4.78, 5) is 24.6. The van der Waals surface area contributed by atoms with Crippen LogP contribution >= 0.6 is 0 Å². The zero-order valence-corrected chi connectivity index (χ0v) is 51.5. The number of carbonyl (C=O) groups excluding carboxylic acids is 2. The maximum atomic E-state index is 12.5. The van der Waals surface area contributed by atoms with E-state index in [0.29, 0.717) is 19.4 Å². The molecule has 0 spiro atoms. The van der Waals surface area contributed by atoms with Crippen molar-refractivity contribution >= 4 is 11.9 Å². The fraction of sp³-hybridized carbons (Fsp3) is 0.914. The lowest BCUT2D eigenvalue weighted by atomic mass is 10.0. The highest BCUT2D eigenvalue weighted by molar-refractivity contribution is 5.76. The number of hydrogen-bond donors (Lipinski definition) is 3. The number of rotatable bonds is 65. The maximum absolute atomic E-state index is 12.5. The van der Waals surface area contributed by atoms with E-state index in [0.717, 1.165) is 44.9 Å². The Hall–Kier alpha value is -1.66. The van der Waals surface area contributed by atoms with Crippen LogP contribution in [0.1, 0.15) is 386 Å². The van der Waals surface area contributed by atoms with E-state index in [9.17, 15) is 19.8 Å². The van der Waals surface area contributed by atoms with Crippen LogP contribution in [0.4, 0.5) is 0 Å². The van der Waals surface area contributed by atoms with Crippen LogP contribution in [0.2, 0.25) is 0 Å². The molecule has 0 aromatic rings. The van der Waals surface area contributed by atoms with E-state index in [1.807, 2.05) is 6.08 Å². The van der Waals surface area contributed by atoms with Gasteiger partial charge in [0.15, 0.2) is 0 Å². The van der Waals surface area contributed by atoms with Gasteiger partial charge in [0, 0.05) is 12.8 Å². The molecule has 2 unspecified atom stereocenters. The normalized spacial score (nSPS) is 12.6. The second-order valence-electron chi connectivity index (χ2n) is 23.9. The molecule has 450 valence electrons. The lowest BCUT2D eigenvalue weighted by molar-refractivity contribution is -0.143. The molecule has 0 fully saturated rings. The fourth-order valence-corrected chi connectivity index (χ4v) is 10.9. The molecule has 0 aromatic carbocycles. The number of unbranched alkanes of at least 4 members (excludes halogenated alkanes) is 52. The number of amides is 1. The predicted molar refractivity (Wildman–Crippen MR) is 333 cm³/mol. The Morgan fingerprint density at radius 2 is 0.618 bits per heavy atom. The Labute approximate surface area is 475 Å². The van der Waals surface area contributed by atoms with Gasteiger partial charge < -0.3 is 20.3 Å². The maximum Gasteiger partial charge on any atom is 0.305 e. The van der Waals surface area contributed by atoms with E-state index in [-0.39, 0.29) is 18.5 Å². The topological polar surface area (TPSA) is 95.9 Å². The molecule has 6 nitrogen and oxygen atoms in total. The minimum atomic E-state index is -0.846. The molecule has 3 N–H and O–H groups in total. The number of aliphatic hydroxyl groups excluding tert-OH is 2. The van der Waals surface area contributed by atoms with Gasteiger partial charge in [-0.15, -0.1) is 0 Å². The molecule has 0 radical (unpaired) electrons. The van der Waals surface area contributed by atoms with Crippen molar-refractivity contribution in [2.24, 2.45) is 0 Å². The van der Waals surface area contributed by atoms with Gasteiger partial charge in [0.05, 0.1) is 25.4 Å². The minimum absolute atomic E-state index is 0.00335. The Kier molecular flexibility index (Phi) is 64.4. The Bertz CT molecular complexity index is 1190. The minimum Gasteiger partial charge on any atom is -0.466 e. The van der Waals surface area contributed by atoms with Gasteiger partial charge in [-0.1, -0.05) is 340 Å². The Balaban J connectivity index is 3.41. The summed E-state index contributed by atoms with van der Waals surface area (Å²) < 4.78 is 5.47. The van der Waals surface area contributed by atoms with Crippen molar-refractivity contribution in [1.29, 1.82) is 0 Å². The second-order valence-corrected chi connectivity index (χ2v) is 23.9. The van der Waals surface area contributed by atoms with Crippen molar-refractivity contribution in [2.75, 3.05) is 13.2 Å². The first-order valence-corrected chi connectivity index (χ1v) is 34.6. The van der Waals surface area contributed by atoms with Gasteiger partial charge in [-0.3, -0.25) is 9.59 Å². The molecule has 0 aliphatic carbocycles. The van der Waals surface area contributed by atoms with Crippen LogP contribution in [0.15, 0.2) is 24.3 Å². The molecule has 1 amide bonds. The second kappa shape index (κ2) is 65.9.